The number of halogens is 1. The lowest BCUT2D eigenvalue weighted by Crippen LogP contribution is -2.48. The van der Waals surface area contributed by atoms with Crippen molar-refractivity contribution in [2.45, 2.75) is 46.0 Å². The summed E-state index contributed by atoms with van der Waals surface area (Å²) in [4.78, 5) is 27.3. The van der Waals surface area contributed by atoms with E-state index in [-0.39, 0.29) is 23.4 Å². The Kier molecular flexibility index (Phi) is 9.37. The first-order valence-electron chi connectivity index (χ1n) is 10.2. The third-order valence-corrected chi connectivity index (χ3v) is 5.86. The van der Waals surface area contributed by atoms with E-state index in [9.17, 15) is 14.0 Å². The van der Waals surface area contributed by atoms with Crippen LogP contribution in [0.2, 0.25) is 0 Å². The van der Waals surface area contributed by atoms with Gasteiger partial charge in [0, 0.05) is 18.8 Å². The lowest BCUT2D eigenvalue weighted by molar-refractivity contribution is -0.138. The fourth-order valence-corrected chi connectivity index (χ4v) is 3.85. The lowest BCUT2D eigenvalue weighted by atomic mass is 10.1. The van der Waals surface area contributed by atoms with Gasteiger partial charge in [0.25, 0.3) is 0 Å². The van der Waals surface area contributed by atoms with Gasteiger partial charge in [-0.05, 0) is 42.5 Å². The SMILES string of the molecule is Cc1ccccc1CN(C(=O)CSCc1ccccc1F)[C@H](C)C(=O)NCC(C)C. The number of nitrogens with zero attached hydrogens (tertiary/aromatic N) is 1. The van der Waals surface area contributed by atoms with Crippen LogP contribution in [0.5, 0.6) is 0 Å². The van der Waals surface area contributed by atoms with Crippen LogP contribution in [0.4, 0.5) is 4.39 Å². The minimum absolute atomic E-state index is 0.133. The summed E-state index contributed by atoms with van der Waals surface area (Å²) in [5.74, 6) is 0.359. The van der Waals surface area contributed by atoms with E-state index in [1.165, 1.54) is 17.8 Å². The van der Waals surface area contributed by atoms with Crippen LogP contribution in [0, 0.1) is 18.7 Å². The van der Waals surface area contributed by atoms with E-state index >= 15 is 0 Å². The highest BCUT2D eigenvalue weighted by atomic mass is 32.2. The second-order valence-electron chi connectivity index (χ2n) is 7.85. The summed E-state index contributed by atoms with van der Waals surface area (Å²) in [6.07, 6.45) is 0. The van der Waals surface area contributed by atoms with Crippen molar-refractivity contribution in [3.8, 4) is 0 Å². The molecule has 0 heterocycles. The Morgan fingerprint density at radius 3 is 2.30 bits per heavy atom. The van der Waals surface area contributed by atoms with E-state index in [2.05, 4.69) is 5.32 Å². The highest BCUT2D eigenvalue weighted by molar-refractivity contribution is 7.99. The minimum atomic E-state index is -0.593. The first-order valence-corrected chi connectivity index (χ1v) is 11.4. The molecule has 0 spiro atoms. The Morgan fingerprint density at radius 2 is 1.67 bits per heavy atom. The predicted molar refractivity (Wildman–Crippen MR) is 122 cm³/mol. The summed E-state index contributed by atoms with van der Waals surface area (Å²) in [7, 11) is 0. The van der Waals surface area contributed by atoms with Gasteiger partial charge in [-0.25, -0.2) is 4.39 Å². The lowest BCUT2D eigenvalue weighted by Gasteiger charge is -2.29. The van der Waals surface area contributed by atoms with Crippen molar-refractivity contribution < 1.29 is 14.0 Å². The monoisotopic (exact) mass is 430 g/mol. The number of hydrogen-bond donors (Lipinski definition) is 1. The number of carbonyl (C=O) groups is 2. The van der Waals surface area contributed by atoms with Crippen LogP contribution in [0.1, 0.15) is 37.5 Å². The van der Waals surface area contributed by atoms with Crippen molar-refractivity contribution in [1.82, 2.24) is 10.2 Å². The summed E-state index contributed by atoms with van der Waals surface area (Å²) in [6.45, 7) is 8.74. The van der Waals surface area contributed by atoms with Gasteiger partial charge >= 0.3 is 0 Å². The van der Waals surface area contributed by atoms with Gasteiger partial charge in [0.1, 0.15) is 11.9 Å². The molecule has 6 heteroatoms. The summed E-state index contributed by atoms with van der Waals surface area (Å²) < 4.78 is 13.8. The molecule has 0 saturated carbocycles. The third kappa shape index (κ3) is 7.17. The molecule has 0 aliphatic heterocycles. The number of nitrogens with one attached hydrogen (secondary N) is 1. The van der Waals surface area contributed by atoms with E-state index in [0.29, 0.717) is 30.3 Å². The predicted octanol–water partition coefficient (Wildman–Crippen LogP) is 4.56. The Hall–Kier alpha value is -2.34. The maximum Gasteiger partial charge on any atom is 0.242 e. The molecule has 0 unspecified atom stereocenters. The average Bonchev–Trinajstić information content (AvgIpc) is 2.72. The number of rotatable bonds is 10. The van der Waals surface area contributed by atoms with Crippen LogP contribution in [0.3, 0.4) is 0 Å². The Labute approximate surface area is 183 Å². The quantitative estimate of drug-likeness (QED) is 0.601. The Bertz CT molecular complexity index is 857. The number of thioether (sulfide) groups is 1. The normalized spacial score (nSPS) is 11.9. The van der Waals surface area contributed by atoms with E-state index < -0.39 is 6.04 Å². The highest BCUT2D eigenvalue weighted by Crippen LogP contribution is 2.19. The fourth-order valence-electron chi connectivity index (χ4n) is 2.95. The van der Waals surface area contributed by atoms with Crippen LogP contribution < -0.4 is 5.32 Å². The maximum absolute atomic E-state index is 13.8. The molecule has 0 saturated heterocycles. The van der Waals surface area contributed by atoms with Gasteiger partial charge in [-0.1, -0.05) is 56.3 Å². The van der Waals surface area contributed by atoms with Crippen molar-refractivity contribution in [1.29, 1.82) is 0 Å². The Morgan fingerprint density at radius 1 is 1.03 bits per heavy atom. The molecule has 0 fully saturated rings. The molecule has 2 aromatic carbocycles. The van der Waals surface area contributed by atoms with Gasteiger partial charge in [0.2, 0.25) is 11.8 Å². The first-order chi connectivity index (χ1) is 14.3. The Balaban J connectivity index is 2.08. The molecule has 0 aromatic heterocycles. The van der Waals surface area contributed by atoms with Gasteiger partial charge in [-0.15, -0.1) is 11.8 Å². The van der Waals surface area contributed by atoms with Gasteiger partial charge in [0.05, 0.1) is 5.75 Å². The van der Waals surface area contributed by atoms with Crippen molar-refractivity contribution in [2.75, 3.05) is 12.3 Å². The van der Waals surface area contributed by atoms with E-state index in [0.717, 1.165) is 11.1 Å². The van der Waals surface area contributed by atoms with E-state index in [1.54, 1.807) is 30.0 Å². The van der Waals surface area contributed by atoms with Crippen LogP contribution in [-0.4, -0.2) is 35.1 Å². The molecule has 1 N–H and O–H groups in total. The molecule has 0 bridgehead atoms. The fraction of sp³-hybridized carbons (Fsp3) is 0.417. The van der Waals surface area contributed by atoms with Crippen LogP contribution in [0.15, 0.2) is 48.5 Å². The molecule has 1 atom stereocenters. The van der Waals surface area contributed by atoms with Crippen molar-refractivity contribution in [3.63, 3.8) is 0 Å². The zero-order valence-electron chi connectivity index (χ0n) is 18.2. The van der Waals surface area contributed by atoms with Crippen molar-refractivity contribution >= 4 is 23.6 Å². The zero-order chi connectivity index (χ0) is 22.1. The number of hydrogen-bond acceptors (Lipinski definition) is 3. The molecule has 162 valence electrons. The van der Waals surface area contributed by atoms with Gasteiger partial charge in [-0.3, -0.25) is 9.59 Å². The summed E-state index contributed by atoms with van der Waals surface area (Å²) in [5, 5.41) is 2.92. The van der Waals surface area contributed by atoms with Gasteiger partial charge in [-0.2, -0.15) is 0 Å². The average molecular weight is 431 g/mol. The van der Waals surface area contributed by atoms with Crippen LogP contribution in [-0.2, 0) is 21.9 Å². The van der Waals surface area contributed by atoms with Gasteiger partial charge in [0.15, 0.2) is 0 Å². The third-order valence-electron chi connectivity index (χ3n) is 4.89. The molecule has 30 heavy (non-hydrogen) atoms. The van der Waals surface area contributed by atoms with Crippen molar-refractivity contribution in [2.24, 2.45) is 5.92 Å². The second kappa shape index (κ2) is 11.7. The largest absolute Gasteiger partial charge is 0.354 e. The van der Waals surface area contributed by atoms with Crippen LogP contribution in [0.25, 0.3) is 0 Å². The maximum atomic E-state index is 13.8. The van der Waals surface area contributed by atoms with E-state index in [4.69, 9.17) is 0 Å². The highest BCUT2D eigenvalue weighted by Gasteiger charge is 2.26. The molecule has 4 nitrogen and oxygen atoms in total. The number of benzene rings is 2. The molecular formula is C24H31FN2O2S. The summed E-state index contributed by atoms with van der Waals surface area (Å²) in [6, 6.07) is 13.8. The van der Waals surface area contributed by atoms with Crippen LogP contribution >= 0.6 is 11.8 Å². The molecule has 2 aromatic rings. The minimum Gasteiger partial charge on any atom is -0.354 e. The standard InChI is InChI=1S/C24H31FN2O2S/c1-17(2)13-26-24(29)19(4)27(14-20-10-6-5-9-18(20)3)23(28)16-30-15-21-11-7-8-12-22(21)25/h5-12,17,19H,13-16H2,1-4H3,(H,26,29)/t19-/m1/s1. The smallest absolute Gasteiger partial charge is 0.242 e. The first kappa shape index (κ1) is 23.9. The molecule has 0 radical (unpaired) electrons. The molecule has 0 aliphatic carbocycles. The topological polar surface area (TPSA) is 49.4 Å². The summed E-state index contributed by atoms with van der Waals surface area (Å²) >= 11 is 1.36. The second-order valence-corrected chi connectivity index (χ2v) is 8.83. The van der Waals surface area contributed by atoms with Gasteiger partial charge < -0.3 is 10.2 Å². The van der Waals surface area contributed by atoms with E-state index in [1.807, 2.05) is 45.0 Å². The molecule has 2 rings (SSSR count). The molecular weight excluding hydrogens is 399 g/mol. The zero-order valence-corrected chi connectivity index (χ0v) is 19.0. The summed E-state index contributed by atoms with van der Waals surface area (Å²) in [5.41, 5.74) is 2.65. The number of aryl methyl sites for hydroxylation is 1. The number of carbonyl (C=O) groups excluding carboxylic acids is 2. The number of amides is 2. The molecule has 2 amide bonds. The molecule has 0 aliphatic rings. The van der Waals surface area contributed by atoms with Crippen molar-refractivity contribution in [3.05, 3.63) is 71.0 Å².